The maximum absolute atomic E-state index is 11.0. The molecule has 0 aromatic carbocycles. The van der Waals surface area contributed by atoms with Crippen molar-refractivity contribution < 1.29 is 9.53 Å². The van der Waals surface area contributed by atoms with Gasteiger partial charge in [0.15, 0.2) is 5.96 Å². The summed E-state index contributed by atoms with van der Waals surface area (Å²) in [7, 11) is 1.42. The van der Waals surface area contributed by atoms with Crippen molar-refractivity contribution in [2.45, 2.75) is 46.5 Å². The molecule has 6 nitrogen and oxygen atoms in total. The molecule has 0 amide bonds. The van der Waals surface area contributed by atoms with Crippen molar-refractivity contribution in [3.05, 3.63) is 15.6 Å². The Morgan fingerprint density at radius 2 is 2.09 bits per heavy atom. The molecular formula is C16H28N4O2S. The predicted octanol–water partition coefficient (Wildman–Crippen LogP) is 2.20. The van der Waals surface area contributed by atoms with E-state index >= 15 is 0 Å². The Morgan fingerprint density at radius 3 is 2.70 bits per heavy atom. The second kappa shape index (κ2) is 11.0. The normalized spacial score (nSPS) is 11.4. The van der Waals surface area contributed by atoms with Crippen LogP contribution in [0, 0.1) is 13.8 Å². The molecule has 0 bridgehead atoms. The number of carbonyl (C=O) groups excluding carboxylic acids is 1. The number of aryl methyl sites for hydroxylation is 2. The highest BCUT2D eigenvalue weighted by Gasteiger charge is 2.04. The summed E-state index contributed by atoms with van der Waals surface area (Å²) < 4.78 is 4.62. The molecule has 23 heavy (non-hydrogen) atoms. The fourth-order valence-corrected chi connectivity index (χ4v) is 2.88. The molecule has 1 heterocycles. The largest absolute Gasteiger partial charge is 0.469 e. The molecule has 2 N–H and O–H groups in total. The molecule has 1 aromatic heterocycles. The standard InChI is InChI=1S/C16H28N4O2S/c1-5-17-16(18-10-7-6-8-15(21)22-4)19-11-9-14-20-12(2)13(3)23-14/h5-11H2,1-4H3,(H2,17,18,19). The van der Waals surface area contributed by atoms with Gasteiger partial charge in [0.1, 0.15) is 0 Å². The summed E-state index contributed by atoms with van der Waals surface area (Å²) in [6.07, 6.45) is 3.02. The first kappa shape index (κ1) is 19.4. The minimum Gasteiger partial charge on any atom is -0.469 e. The average Bonchev–Trinajstić information content (AvgIpc) is 2.84. The van der Waals surface area contributed by atoms with Gasteiger partial charge in [0, 0.05) is 37.4 Å². The van der Waals surface area contributed by atoms with E-state index in [4.69, 9.17) is 0 Å². The number of unbranched alkanes of at least 4 members (excludes halogenated alkanes) is 1. The maximum atomic E-state index is 11.0. The second-order valence-electron chi connectivity index (χ2n) is 5.22. The van der Waals surface area contributed by atoms with Crippen LogP contribution in [0.1, 0.15) is 41.8 Å². The number of thiazole rings is 1. The summed E-state index contributed by atoms with van der Waals surface area (Å²) in [4.78, 5) is 21.4. The van der Waals surface area contributed by atoms with Crippen molar-refractivity contribution in [3.8, 4) is 0 Å². The van der Waals surface area contributed by atoms with Gasteiger partial charge in [-0.3, -0.25) is 9.79 Å². The van der Waals surface area contributed by atoms with Gasteiger partial charge in [-0.2, -0.15) is 0 Å². The number of aliphatic imine (C=N–C) groups is 1. The maximum Gasteiger partial charge on any atom is 0.305 e. The quantitative estimate of drug-likeness (QED) is 0.312. The summed E-state index contributed by atoms with van der Waals surface area (Å²) in [6.45, 7) is 8.51. The van der Waals surface area contributed by atoms with Crippen LogP contribution in [0.15, 0.2) is 4.99 Å². The van der Waals surface area contributed by atoms with E-state index in [0.29, 0.717) is 13.0 Å². The Labute approximate surface area is 142 Å². The molecule has 1 aromatic rings. The molecular weight excluding hydrogens is 312 g/mol. The molecule has 7 heteroatoms. The molecule has 0 aliphatic heterocycles. The number of guanidine groups is 1. The molecule has 0 saturated heterocycles. The molecule has 0 aliphatic rings. The highest BCUT2D eigenvalue weighted by Crippen LogP contribution is 2.16. The van der Waals surface area contributed by atoms with Crippen molar-refractivity contribution >= 4 is 23.3 Å². The van der Waals surface area contributed by atoms with Gasteiger partial charge in [-0.25, -0.2) is 4.98 Å². The van der Waals surface area contributed by atoms with E-state index in [9.17, 15) is 4.79 Å². The summed E-state index contributed by atoms with van der Waals surface area (Å²) in [5.74, 6) is 0.656. The van der Waals surface area contributed by atoms with Crippen molar-refractivity contribution in [3.63, 3.8) is 0 Å². The number of carbonyl (C=O) groups is 1. The van der Waals surface area contributed by atoms with Crippen LogP contribution in [0.4, 0.5) is 0 Å². The van der Waals surface area contributed by atoms with Gasteiger partial charge in [-0.15, -0.1) is 11.3 Å². The molecule has 1 rings (SSSR count). The molecule has 0 spiro atoms. The average molecular weight is 340 g/mol. The minimum atomic E-state index is -0.159. The lowest BCUT2D eigenvalue weighted by Crippen LogP contribution is -2.38. The third kappa shape index (κ3) is 7.97. The number of esters is 1. The van der Waals surface area contributed by atoms with Crippen LogP contribution in [-0.2, 0) is 16.0 Å². The number of methoxy groups -OCH3 is 1. The van der Waals surface area contributed by atoms with Gasteiger partial charge in [0.2, 0.25) is 0 Å². The number of rotatable bonds is 9. The zero-order chi connectivity index (χ0) is 17.1. The number of aromatic nitrogens is 1. The van der Waals surface area contributed by atoms with Crippen LogP contribution in [0.3, 0.4) is 0 Å². The molecule has 0 fully saturated rings. The molecule has 0 radical (unpaired) electrons. The highest BCUT2D eigenvalue weighted by molar-refractivity contribution is 7.11. The summed E-state index contributed by atoms with van der Waals surface area (Å²) in [5, 5.41) is 7.70. The number of nitrogens with zero attached hydrogens (tertiary/aromatic N) is 2. The summed E-state index contributed by atoms with van der Waals surface area (Å²) in [6, 6.07) is 0. The van der Waals surface area contributed by atoms with Crippen molar-refractivity contribution in [1.29, 1.82) is 0 Å². The van der Waals surface area contributed by atoms with Gasteiger partial charge in [0.05, 0.1) is 17.8 Å². The molecule has 0 unspecified atom stereocenters. The van der Waals surface area contributed by atoms with E-state index in [1.54, 1.807) is 11.3 Å². The van der Waals surface area contributed by atoms with Gasteiger partial charge in [-0.1, -0.05) is 0 Å². The third-order valence-corrected chi connectivity index (χ3v) is 4.47. The lowest BCUT2D eigenvalue weighted by Gasteiger charge is -2.10. The summed E-state index contributed by atoms with van der Waals surface area (Å²) in [5.41, 5.74) is 1.12. The Morgan fingerprint density at radius 1 is 1.30 bits per heavy atom. The van der Waals surface area contributed by atoms with Gasteiger partial charge >= 0.3 is 5.97 Å². The van der Waals surface area contributed by atoms with Crippen LogP contribution in [0.2, 0.25) is 0 Å². The SMILES string of the molecule is CCNC(=NCCCCC(=O)OC)NCCc1nc(C)c(C)s1. The van der Waals surface area contributed by atoms with E-state index in [1.165, 1.54) is 12.0 Å². The van der Waals surface area contributed by atoms with Crippen LogP contribution in [-0.4, -0.2) is 43.7 Å². The summed E-state index contributed by atoms with van der Waals surface area (Å²) >= 11 is 1.75. The monoisotopic (exact) mass is 340 g/mol. The van der Waals surface area contributed by atoms with E-state index < -0.39 is 0 Å². The van der Waals surface area contributed by atoms with Crippen LogP contribution < -0.4 is 10.6 Å². The molecule has 0 aliphatic carbocycles. The number of hydrogen-bond donors (Lipinski definition) is 2. The Kier molecular flexibility index (Phi) is 9.28. The van der Waals surface area contributed by atoms with E-state index in [2.05, 4.69) is 32.3 Å². The number of nitrogens with one attached hydrogen (secondary N) is 2. The van der Waals surface area contributed by atoms with Crippen LogP contribution in [0.25, 0.3) is 0 Å². The van der Waals surface area contributed by atoms with Crippen molar-refractivity contribution in [2.75, 3.05) is 26.7 Å². The first-order valence-electron chi connectivity index (χ1n) is 8.08. The zero-order valence-electron chi connectivity index (χ0n) is 14.6. The van der Waals surface area contributed by atoms with E-state index in [-0.39, 0.29) is 5.97 Å². The van der Waals surface area contributed by atoms with Crippen LogP contribution in [0.5, 0.6) is 0 Å². The molecule has 0 saturated carbocycles. The van der Waals surface area contributed by atoms with Crippen molar-refractivity contribution in [1.82, 2.24) is 15.6 Å². The van der Waals surface area contributed by atoms with Crippen LogP contribution >= 0.6 is 11.3 Å². The lowest BCUT2D eigenvalue weighted by molar-refractivity contribution is -0.140. The first-order valence-corrected chi connectivity index (χ1v) is 8.90. The van der Waals surface area contributed by atoms with E-state index in [0.717, 1.165) is 49.0 Å². The molecule has 0 atom stereocenters. The Bertz CT molecular complexity index is 495. The Hall–Kier alpha value is -1.63. The Balaban J connectivity index is 2.30. The minimum absolute atomic E-state index is 0.159. The predicted molar refractivity (Wildman–Crippen MR) is 95.1 cm³/mol. The topological polar surface area (TPSA) is 75.6 Å². The fraction of sp³-hybridized carbons (Fsp3) is 0.688. The fourth-order valence-electron chi connectivity index (χ4n) is 1.95. The van der Waals surface area contributed by atoms with E-state index in [1.807, 2.05) is 13.8 Å². The van der Waals surface area contributed by atoms with Gasteiger partial charge in [0.25, 0.3) is 0 Å². The van der Waals surface area contributed by atoms with Gasteiger partial charge < -0.3 is 15.4 Å². The number of hydrogen-bond acceptors (Lipinski definition) is 5. The van der Waals surface area contributed by atoms with Gasteiger partial charge in [-0.05, 0) is 33.6 Å². The second-order valence-corrected chi connectivity index (χ2v) is 6.51. The first-order chi connectivity index (χ1) is 11.1. The molecule has 130 valence electrons. The highest BCUT2D eigenvalue weighted by atomic mass is 32.1. The third-order valence-electron chi connectivity index (χ3n) is 3.33. The zero-order valence-corrected chi connectivity index (χ0v) is 15.4. The van der Waals surface area contributed by atoms with Crippen molar-refractivity contribution in [2.24, 2.45) is 4.99 Å². The number of ether oxygens (including phenoxy) is 1. The lowest BCUT2D eigenvalue weighted by atomic mass is 10.2. The smallest absolute Gasteiger partial charge is 0.305 e.